The molecule has 1 saturated heterocycles. The summed E-state index contributed by atoms with van der Waals surface area (Å²) in [6.07, 6.45) is 0.489. The third kappa shape index (κ3) is 2.76. The fourth-order valence-electron chi connectivity index (χ4n) is 1.84. The molecule has 0 spiro atoms. The highest BCUT2D eigenvalue weighted by molar-refractivity contribution is 6.03. The molecule has 0 unspecified atom stereocenters. The molecule has 0 aromatic heterocycles. The first-order chi connectivity index (χ1) is 7.25. The maximum absolute atomic E-state index is 11.4. The van der Waals surface area contributed by atoms with Crippen LogP contribution in [0.15, 0.2) is 5.10 Å². The van der Waals surface area contributed by atoms with Crippen molar-refractivity contribution in [2.24, 2.45) is 5.10 Å². The normalized spacial score (nSPS) is 23.4. The summed E-state index contributed by atoms with van der Waals surface area (Å²) in [5, 5.41) is 5.78. The summed E-state index contributed by atoms with van der Waals surface area (Å²) in [5.41, 5.74) is 0.918. The molecule has 1 fully saturated rings. The van der Waals surface area contributed by atoms with Gasteiger partial charge in [0, 0.05) is 25.3 Å². The van der Waals surface area contributed by atoms with Crippen LogP contribution in [0.3, 0.4) is 0 Å². The quantitative estimate of drug-likeness (QED) is 0.656. The average Bonchev–Trinajstić information content (AvgIpc) is 2.56. The van der Waals surface area contributed by atoms with Crippen LogP contribution < -0.4 is 0 Å². The molecule has 2 aliphatic rings. The molecule has 1 amide bonds. The van der Waals surface area contributed by atoms with Crippen LogP contribution >= 0.6 is 0 Å². The van der Waals surface area contributed by atoms with E-state index >= 15 is 0 Å². The number of carbonyl (C=O) groups is 1. The number of hydrazone groups is 1. The largest absolute Gasteiger partial charge is 0.379 e. The fraction of sp³-hybridized carbons (Fsp3) is 0.800. The van der Waals surface area contributed by atoms with Gasteiger partial charge in [-0.3, -0.25) is 9.69 Å². The molecule has 2 rings (SSSR count). The molecule has 15 heavy (non-hydrogen) atoms. The zero-order valence-electron chi connectivity index (χ0n) is 9.11. The van der Waals surface area contributed by atoms with Crippen LogP contribution in [-0.2, 0) is 9.53 Å². The number of carbonyl (C=O) groups excluding carboxylic acids is 1. The molecule has 0 aliphatic carbocycles. The van der Waals surface area contributed by atoms with E-state index in [-0.39, 0.29) is 5.91 Å². The van der Waals surface area contributed by atoms with Gasteiger partial charge < -0.3 is 4.74 Å². The molecule has 0 atom stereocenters. The van der Waals surface area contributed by atoms with E-state index < -0.39 is 0 Å². The number of morpholine rings is 1. The van der Waals surface area contributed by atoms with Gasteiger partial charge in [-0.25, -0.2) is 5.01 Å². The Hall–Kier alpha value is -0.940. The van der Waals surface area contributed by atoms with E-state index in [1.807, 2.05) is 6.92 Å². The second-order valence-electron chi connectivity index (χ2n) is 3.98. The molecule has 0 radical (unpaired) electrons. The Balaban J connectivity index is 1.75. The number of hydrogen-bond donors (Lipinski definition) is 0. The Kier molecular flexibility index (Phi) is 3.33. The number of ether oxygens (including phenoxy) is 1. The maximum Gasteiger partial charge on any atom is 0.248 e. The Morgan fingerprint density at radius 3 is 2.67 bits per heavy atom. The monoisotopic (exact) mass is 211 g/mol. The molecule has 0 aromatic rings. The average molecular weight is 211 g/mol. The topological polar surface area (TPSA) is 45.1 Å². The van der Waals surface area contributed by atoms with E-state index in [2.05, 4.69) is 10.0 Å². The summed E-state index contributed by atoms with van der Waals surface area (Å²) in [5.74, 6) is 0.126. The van der Waals surface area contributed by atoms with Gasteiger partial charge in [-0.1, -0.05) is 0 Å². The van der Waals surface area contributed by atoms with Gasteiger partial charge in [0.1, 0.15) is 0 Å². The number of nitrogens with zero attached hydrogens (tertiary/aromatic N) is 3. The minimum absolute atomic E-state index is 0.126. The molecule has 0 saturated carbocycles. The molecular formula is C10H17N3O2. The van der Waals surface area contributed by atoms with Crippen molar-refractivity contribution in [2.45, 2.75) is 13.3 Å². The van der Waals surface area contributed by atoms with Gasteiger partial charge in [0.2, 0.25) is 5.91 Å². The molecule has 2 aliphatic heterocycles. The minimum Gasteiger partial charge on any atom is -0.379 e. The van der Waals surface area contributed by atoms with Gasteiger partial charge in [0.15, 0.2) is 0 Å². The highest BCUT2D eigenvalue weighted by Gasteiger charge is 2.21. The predicted molar refractivity (Wildman–Crippen MR) is 56.7 cm³/mol. The summed E-state index contributed by atoms with van der Waals surface area (Å²) in [6.45, 7) is 7.02. The van der Waals surface area contributed by atoms with E-state index in [4.69, 9.17) is 4.74 Å². The van der Waals surface area contributed by atoms with Gasteiger partial charge in [-0.05, 0) is 6.92 Å². The van der Waals surface area contributed by atoms with Crippen molar-refractivity contribution in [1.29, 1.82) is 0 Å². The summed E-state index contributed by atoms with van der Waals surface area (Å²) < 4.78 is 5.26. The first-order valence-corrected chi connectivity index (χ1v) is 5.40. The minimum atomic E-state index is 0.126. The molecule has 5 nitrogen and oxygen atoms in total. The first-order valence-electron chi connectivity index (χ1n) is 5.40. The maximum atomic E-state index is 11.4. The standard InChI is InChI=1S/C10H17N3O2/c1-9-8-10(14)13(11-9)3-2-12-4-6-15-7-5-12/h2-8H2,1H3. The van der Waals surface area contributed by atoms with Crippen LogP contribution in [0.25, 0.3) is 0 Å². The molecule has 84 valence electrons. The highest BCUT2D eigenvalue weighted by atomic mass is 16.5. The van der Waals surface area contributed by atoms with E-state index in [0.717, 1.165) is 38.6 Å². The Labute approximate surface area is 89.7 Å². The lowest BCUT2D eigenvalue weighted by Crippen LogP contribution is -2.40. The predicted octanol–water partition coefficient (Wildman–Crippen LogP) is -0.0732. The summed E-state index contributed by atoms with van der Waals surface area (Å²) in [4.78, 5) is 13.7. The van der Waals surface area contributed by atoms with Crippen molar-refractivity contribution in [3.05, 3.63) is 0 Å². The molecule has 0 aromatic carbocycles. The number of rotatable bonds is 3. The van der Waals surface area contributed by atoms with Gasteiger partial charge in [0.25, 0.3) is 0 Å². The van der Waals surface area contributed by atoms with E-state index in [0.29, 0.717) is 13.0 Å². The van der Waals surface area contributed by atoms with Gasteiger partial charge in [-0.15, -0.1) is 0 Å². The summed E-state index contributed by atoms with van der Waals surface area (Å²) in [7, 11) is 0. The number of hydrogen-bond acceptors (Lipinski definition) is 4. The molecule has 0 N–H and O–H groups in total. The lowest BCUT2D eigenvalue weighted by atomic mass is 10.3. The Morgan fingerprint density at radius 1 is 1.33 bits per heavy atom. The smallest absolute Gasteiger partial charge is 0.248 e. The van der Waals surface area contributed by atoms with Gasteiger partial charge in [-0.2, -0.15) is 5.10 Å². The van der Waals surface area contributed by atoms with Crippen molar-refractivity contribution in [3.63, 3.8) is 0 Å². The van der Waals surface area contributed by atoms with Crippen molar-refractivity contribution in [2.75, 3.05) is 39.4 Å². The molecule has 2 heterocycles. The second kappa shape index (κ2) is 4.72. The fourth-order valence-corrected chi connectivity index (χ4v) is 1.84. The van der Waals surface area contributed by atoms with Crippen LogP contribution in [0.1, 0.15) is 13.3 Å². The SMILES string of the molecule is CC1=NN(CCN2CCOCC2)C(=O)C1. The third-order valence-corrected chi connectivity index (χ3v) is 2.72. The van der Waals surface area contributed by atoms with E-state index in [1.54, 1.807) is 5.01 Å². The first kappa shape index (κ1) is 10.6. The molecular weight excluding hydrogens is 194 g/mol. The van der Waals surface area contributed by atoms with Crippen LogP contribution in [0.5, 0.6) is 0 Å². The van der Waals surface area contributed by atoms with Crippen molar-refractivity contribution >= 4 is 11.6 Å². The zero-order chi connectivity index (χ0) is 10.7. The van der Waals surface area contributed by atoms with E-state index in [9.17, 15) is 4.79 Å². The molecule has 5 heteroatoms. The van der Waals surface area contributed by atoms with E-state index in [1.165, 1.54) is 0 Å². The summed E-state index contributed by atoms with van der Waals surface area (Å²) >= 11 is 0. The van der Waals surface area contributed by atoms with Crippen molar-refractivity contribution in [3.8, 4) is 0 Å². The van der Waals surface area contributed by atoms with Crippen LogP contribution in [-0.4, -0.2) is 60.9 Å². The van der Waals surface area contributed by atoms with Crippen molar-refractivity contribution < 1.29 is 9.53 Å². The second-order valence-corrected chi connectivity index (χ2v) is 3.98. The Bertz CT molecular complexity index is 272. The van der Waals surface area contributed by atoms with Crippen LogP contribution in [0.4, 0.5) is 0 Å². The van der Waals surface area contributed by atoms with Gasteiger partial charge >= 0.3 is 0 Å². The number of amides is 1. The summed E-state index contributed by atoms with van der Waals surface area (Å²) in [6, 6.07) is 0. The lowest BCUT2D eigenvalue weighted by molar-refractivity contribution is -0.128. The lowest BCUT2D eigenvalue weighted by Gasteiger charge is -2.27. The molecule has 0 bridgehead atoms. The zero-order valence-corrected chi connectivity index (χ0v) is 9.11. The van der Waals surface area contributed by atoms with Crippen LogP contribution in [0, 0.1) is 0 Å². The van der Waals surface area contributed by atoms with Crippen LogP contribution in [0.2, 0.25) is 0 Å². The van der Waals surface area contributed by atoms with Gasteiger partial charge in [0.05, 0.1) is 26.2 Å². The van der Waals surface area contributed by atoms with Crippen molar-refractivity contribution in [1.82, 2.24) is 9.91 Å². The Morgan fingerprint density at radius 2 is 2.07 bits per heavy atom. The highest BCUT2D eigenvalue weighted by Crippen LogP contribution is 2.07. The third-order valence-electron chi connectivity index (χ3n) is 2.72.